The Morgan fingerprint density at radius 2 is 1.19 bits per heavy atom. The molecule has 0 aliphatic heterocycles. The monoisotopic (exact) mass is 372 g/mol. The third-order valence-electron chi connectivity index (χ3n) is 5.54. The highest BCUT2D eigenvalue weighted by molar-refractivity contribution is 5.81. The molecule has 0 aromatic heterocycles. The number of benzene rings is 2. The van der Waals surface area contributed by atoms with Crippen molar-refractivity contribution < 1.29 is 8.78 Å². The van der Waals surface area contributed by atoms with Gasteiger partial charge < -0.3 is 10.6 Å². The summed E-state index contributed by atoms with van der Waals surface area (Å²) in [6.07, 6.45) is 4.27. The standard InChI is InChI=1S/C23H30F2N2/c1-3-5-13-26-15-23(16-27-14-6-4-2)21-17(9-7-11-19(21)24)18-10-8-12-20(25)22(18)23/h7-12,26-27H,3-6,13-16H2,1-2H3. The Kier molecular flexibility index (Phi) is 6.61. The van der Waals surface area contributed by atoms with E-state index in [4.69, 9.17) is 0 Å². The summed E-state index contributed by atoms with van der Waals surface area (Å²) in [5.41, 5.74) is 2.15. The Bertz CT molecular complexity index is 707. The smallest absolute Gasteiger partial charge is 0.128 e. The van der Waals surface area contributed by atoms with Crippen LogP contribution in [0, 0.1) is 11.6 Å². The van der Waals surface area contributed by atoms with Gasteiger partial charge in [0.05, 0.1) is 5.41 Å². The van der Waals surface area contributed by atoms with E-state index in [0.717, 1.165) is 49.9 Å². The van der Waals surface area contributed by atoms with Gasteiger partial charge in [-0.1, -0.05) is 51.0 Å². The van der Waals surface area contributed by atoms with Crippen molar-refractivity contribution in [3.63, 3.8) is 0 Å². The average Bonchev–Trinajstić information content (AvgIpc) is 2.95. The molecule has 0 fully saturated rings. The van der Waals surface area contributed by atoms with Crippen molar-refractivity contribution in [2.75, 3.05) is 26.2 Å². The van der Waals surface area contributed by atoms with E-state index in [1.165, 1.54) is 12.1 Å². The van der Waals surface area contributed by atoms with Gasteiger partial charge in [-0.3, -0.25) is 0 Å². The van der Waals surface area contributed by atoms with Gasteiger partial charge in [0.1, 0.15) is 11.6 Å². The highest BCUT2D eigenvalue weighted by Gasteiger charge is 2.46. The van der Waals surface area contributed by atoms with E-state index < -0.39 is 5.41 Å². The second-order valence-electron chi connectivity index (χ2n) is 7.47. The summed E-state index contributed by atoms with van der Waals surface area (Å²) in [6.45, 7) is 7.02. The van der Waals surface area contributed by atoms with E-state index in [0.29, 0.717) is 24.2 Å². The van der Waals surface area contributed by atoms with Crippen LogP contribution in [0.15, 0.2) is 36.4 Å². The van der Waals surface area contributed by atoms with Crippen molar-refractivity contribution in [3.8, 4) is 11.1 Å². The maximum Gasteiger partial charge on any atom is 0.128 e. The second-order valence-corrected chi connectivity index (χ2v) is 7.47. The van der Waals surface area contributed by atoms with Gasteiger partial charge in [-0.05, 0) is 49.2 Å². The first-order chi connectivity index (χ1) is 13.2. The Hall–Kier alpha value is -1.78. The van der Waals surface area contributed by atoms with E-state index >= 15 is 8.78 Å². The Labute approximate surface area is 161 Å². The molecule has 2 aromatic rings. The number of hydrogen-bond acceptors (Lipinski definition) is 2. The molecule has 0 atom stereocenters. The molecule has 3 rings (SSSR count). The van der Waals surface area contributed by atoms with Crippen LogP contribution in [0.2, 0.25) is 0 Å². The number of halogens is 2. The van der Waals surface area contributed by atoms with Crippen LogP contribution in [-0.2, 0) is 5.41 Å². The Morgan fingerprint density at radius 3 is 1.59 bits per heavy atom. The van der Waals surface area contributed by atoms with Crippen molar-refractivity contribution in [2.24, 2.45) is 0 Å². The molecule has 0 heterocycles. The first kappa shape index (κ1) is 20.0. The van der Waals surface area contributed by atoms with Crippen LogP contribution in [0.5, 0.6) is 0 Å². The molecular weight excluding hydrogens is 342 g/mol. The number of rotatable bonds is 10. The first-order valence-electron chi connectivity index (χ1n) is 10.2. The largest absolute Gasteiger partial charge is 0.315 e. The molecule has 2 nitrogen and oxygen atoms in total. The van der Waals surface area contributed by atoms with Gasteiger partial charge in [-0.25, -0.2) is 8.78 Å². The summed E-state index contributed by atoms with van der Waals surface area (Å²) >= 11 is 0. The van der Waals surface area contributed by atoms with Gasteiger partial charge in [0.2, 0.25) is 0 Å². The second kappa shape index (κ2) is 8.94. The molecule has 1 aliphatic carbocycles. The van der Waals surface area contributed by atoms with E-state index in [2.05, 4.69) is 24.5 Å². The van der Waals surface area contributed by atoms with Crippen LogP contribution in [0.4, 0.5) is 8.78 Å². The minimum absolute atomic E-state index is 0.252. The van der Waals surface area contributed by atoms with Crippen LogP contribution in [0.25, 0.3) is 11.1 Å². The predicted octanol–water partition coefficient (Wildman–Crippen LogP) is 5.01. The molecule has 2 N–H and O–H groups in total. The summed E-state index contributed by atoms with van der Waals surface area (Å²) < 4.78 is 30.1. The number of hydrogen-bond donors (Lipinski definition) is 2. The van der Waals surface area contributed by atoms with Gasteiger partial charge in [-0.15, -0.1) is 0 Å². The highest BCUT2D eigenvalue weighted by atomic mass is 19.1. The molecule has 1 aliphatic rings. The van der Waals surface area contributed by atoms with E-state index in [-0.39, 0.29) is 11.6 Å². The zero-order valence-electron chi connectivity index (χ0n) is 16.4. The van der Waals surface area contributed by atoms with Crippen LogP contribution < -0.4 is 10.6 Å². The fraction of sp³-hybridized carbons (Fsp3) is 0.478. The molecule has 0 amide bonds. The normalized spacial score (nSPS) is 14.2. The van der Waals surface area contributed by atoms with Gasteiger partial charge in [0, 0.05) is 24.2 Å². The zero-order chi connectivity index (χ0) is 19.3. The SMILES string of the molecule is CCCCNCC1(CNCCCC)c2c(F)cccc2-c2cccc(F)c21. The molecule has 2 aromatic carbocycles. The molecule has 0 bridgehead atoms. The van der Waals surface area contributed by atoms with E-state index in [9.17, 15) is 0 Å². The molecule has 27 heavy (non-hydrogen) atoms. The topological polar surface area (TPSA) is 24.1 Å². The summed E-state index contributed by atoms with van der Waals surface area (Å²) in [7, 11) is 0. The van der Waals surface area contributed by atoms with E-state index in [1.54, 1.807) is 12.1 Å². The van der Waals surface area contributed by atoms with Gasteiger partial charge in [-0.2, -0.15) is 0 Å². The number of unbranched alkanes of at least 4 members (excludes halogenated alkanes) is 2. The lowest BCUT2D eigenvalue weighted by Gasteiger charge is -2.33. The zero-order valence-corrected chi connectivity index (χ0v) is 16.4. The molecule has 0 saturated heterocycles. The molecule has 0 spiro atoms. The predicted molar refractivity (Wildman–Crippen MR) is 108 cm³/mol. The minimum Gasteiger partial charge on any atom is -0.315 e. The lowest BCUT2D eigenvalue weighted by atomic mass is 9.77. The van der Waals surface area contributed by atoms with Crippen molar-refractivity contribution in [2.45, 2.75) is 44.9 Å². The molecule has 4 heteroatoms. The summed E-state index contributed by atoms with van der Waals surface area (Å²) in [5.74, 6) is -0.504. The van der Waals surface area contributed by atoms with Crippen molar-refractivity contribution in [1.82, 2.24) is 10.6 Å². The maximum absolute atomic E-state index is 15.1. The van der Waals surface area contributed by atoms with Crippen molar-refractivity contribution in [1.29, 1.82) is 0 Å². The third-order valence-corrected chi connectivity index (χ3v) is 5.54. The highest BCUT2D eigenvalue weighted by Crippen LogP contribution is 2.50. The van der Waals surface area contributed by atoms with Gasteiger partial charge in [0.15, 0.2) is 0 Å². The van der Waals surface area contributed by atoms with Crippen LogP contribution in [0.1, 0.15) is 50.7 Å². The lowest BCUT2D eigenvalue weighted by molar-refractivity contribution is 0.404. The first-order valence-corrected chi connectivity index (χ1v) is 10.2. The number of fused-ring (bicyclic) bond motifs is 3. The van der Waals surface area contributed by atoms with Crippen LogP contribution in [-0.4, -0.2) is 26.2 Å². The molecular formula is C23H30F2N2. The minimum atomic E-state index is -0.733. The fourth-order valence-electron chi connectivity index (χ4n) is 4.22. The third kappa shape index (κ3) is 3.78. The Morgan fingerprint density at radius 1 is 0.741 bits per heavy atom. The van der Waals surface area contributed by atoms with Crippen LogP contribution in [0.3, 0.4) is 0 Å². The molecule has 0 unspecified atom stereocenters. The molecule has 146 valence electrons. The van der Waals surface area contributed by atoms with E-state index in [1.807, 2.05) is 12.1 Å². The van der Waals surface area contributed by atoms with Gasteiger partial charge >= 0.3 is 0 Å². The van der Waals surface area contributed by atoms with Crippen LogP contribution >= 0.6 is 0 Å². The van der Waals surface area contributed by atoms with Gasteiger partial charge in [0.25, 0.3) is 0 Å². The quantitative estimate of drug-likeness (QED) is 0.573. The average molecular weight is 373 g/mol. The summed E-state index contributed by atoms with van der Waals surface area (Å²) in [4.78, 5) is 0. The van der Waals surface area contributed by atoms with Crippen molar-refractivity contribution >= 4 is 0 Å². The summed E-state index contributed by atoms with van der Waals surface area (Å²) in [6, 6.07) is 10.2. The number of nitrogens with one attached hydrogen (secondary N) is 2. The molecule has 0 radical (unpaired) electrons. The molecule has 0 saturated carbocycles. The van der Waals surface area contributed by atoms with Crippen molar-refractivity contribution in [3.05, 3.63) is 59.2 Å². The lowest BCUT2D eigenvalue weighted by Crippen LogP contribution is -2.47. The summed E-state index contributed by atoms with van der Waals surface area (Å²) in [5, 5.41) is 6.95. The Balaban J connectivity index is 2.06. The maximum atomic E-state index is 15.1. The fourth-order valence-corrected chi connectivity index (χ4v) is 4.22.